The minimum atomic E-state index is -0.940. The molecule has 76 valence electrons. The van der Waals surface area contributed by atoms with Gasteiger partial charge in [0.15, 0.2) is 0 Å². The molecule has 0 aliphatic carbocycles. The Labute approximate surface area is 76.3 Å². The van der Waals surface area contributed by atoms with E-state index in [0.717, 1.165) is 0 Å². The molecule has 0 radical (unpaired) electrons. The van der Waals surface area contributed by atoms with Crippen LogP contribution in [0.15, 0.2) is 0 Å². The average molecular weight is 189 g/mol. The van der Waals surface area contributed by atoms with Crippen LogP contribution >= 0.6 is 0 Å². The van der Waals surface area contributed by atoms with E-state index < -0.39 is 17.8 Å². The van der Waals surface area contributed by atoms with Gasteiger partial charge in [-0.3, -0.25) is 0 Å². The molecule has 2 saturated heterocycles. The number of hydrogen-bond acceptors (Lipinski definition) is 5. The van der Waals surface area contributed by atoms with Gasteiger partial charge < -0.3 is 25.4 Å². The van der Waals surface area contributed by atoms with E-state index in [0.29, 0.717) is 13.2 Å². The minimum Gasteiger partial charge on any atom is -0.396 e. The standard InChI is InChI=1S/C8H15NO4/c10-2-1-8-6(11)3-9-5(4-13-8)7(8)12/h5-7,9-12H,1-4H2/t5-,6+,7-,8-/m1/s1. The van der Waals surface area contributed by atoms with Crippen LogP contribution in [0.1, 0.15) is 6.42 Å². The second-order valence-electron chi connectivity index (χ2n) is 3.71. The third kappa shape index (κ3) is 1.19. The van der Waals surface area contributed by atoms with Gasteiger partial charge in [-0.15, -0.1) is 0 Å². The van der Waals surface area contributed by atoms with Crippen molar-refractivity contribution in [3.05, 3.63) is 0 Å². The highest BCUT2D eigenvalue weighted by molar-refractivity contribution is 5.09. The molecule has 0 aromatic heterocycles. The first-order valence-corrected chi connectivity index (χ1v) is 4.55. The van der Waals surface area contributed by atoms with Crippen LogP contribution in [0, 0.1) is 0 Å². The third-order valence-electron chi connectivity index (χ3n) is 3.05. The van der Waals surface area contributed by atoms with Crippen molar-refractivity contribution in [2.75, 3.05) is 19.8 Å². The molecule has 2 fully saturated rings. The number of piperidine rings is 1. The number of nitrogens with one attached hydrogen (secondary N) is 1. The lowest BCUT2D eigenvalue weighted by Gasteiger charge is -2.40. The summed E-state index contributed by atoms with van der Waals surface area (Å²) < 4.78 is 5.41. The van der Waals surface area contributed by atoms with Gasteiger partial charge in [0.1, 0.15) is 11.7 Å². The summed E-state index contributed by atoms with van der Waals surface area (Å²) in [4.78, 5) is 0. The summed E-state index contributed by atoms with van der Waals surface area (Å²) in [5, 5.41) is 31.3. The molecule has 0 amide bonds. The maximum absolute atomic E-state index is 9.80. The molecule has 2 heterocycles. The predicted octanol–water partition coefficient (Wildman–Crippen LogP) is -2.17. The third-order valence-corrected chi connectivity index (χ3v) is 3.05. The summed E-state index contributed by atoms with van der Waals surface area (Å²) in [7, 11) is 0. The molecule has 5 nitrogen and oxygen atoms in total. The number of fused-ring (bicyclic) bond motifs is 2. The largest absolute Gasteiger partial charge is 0.396 e. The molecule has 0 spiro atoms. The van der Waals surface area contributed by atoms with Crippen LogP contribution in [0.3, 0.4) is 0 Å². The van der Waals surface area contributed by atoms with Crippen LogP contribution in [0.2, 0.25) is 0 Å². The van der Waals surface area contributed by atoms with Crippen LogP contribution in [0.4, 0.5) is 0 Å². The molecule has 0 saturated carbocycles. The first kappa shape index (κ1) is 9.36. The number of ether oxygens (including phenoxy) is 1. The van der Waals surface area contributed by atoms with Crippen molar-refractivity contribution in [3.63, 3.8) is 0 Å². The summed E-state index contributed by atoms with van der Waals surface area (Å²) in [5.41, 5.74) is -0.940. The highest BCUT2D eigenvalue weighted by Gasteiger charge is 2.56. The molecule has 4 atom stereocenters. The minimum absolute atomic E-state index is 0.0825. The fourth-order valence-corrected chi connectivity index (χ4v) is 2.22. The Morgan fingerprint density at radius 3 is 2.92 bits per heavy atom. The van der Waals surface area contributed by atoms with E-state index in [-0.39, 0.29) is 19.1 Å². The van der Waals surface area contributed by atoms with E-state index in [1.165, 1.54) is 0 Å². The fourth-order valence-electron chi connectivity index (χ4n) is 2.22. The zero-order valence-electron chi connectivity index (χ0n) is 7.31. The van der Waals surface area contributed by atoms with E-state index in [2.05, 4.69) is 5.32 Å². The molecule has 13 heavy (non-hydrogen) atoms. The van der Waals surface area contributed by atoms with Crippen molar-refractivity contribution in [3.8, 4) is 0 Å². The highest BCUT2D eigenvalue weighted by atomic mass is 16.5. The summed E-state index contributed by atoms with van der Waals surface area (Å²) in [5.74, 6) is 0. The van der Waals surface area contributed by atoms with Crippen molar-refractivity contribution in [1.82, 2.24) is 5.32 Å². The normalized spacial score (nSPS) is 49.6. The molecule has 4 N–H and O–H groups in total. The number of aliphatic hydroxyl groups excluding tert-OH is 3. The van der Waals surface area contributed by atoms with Crippen molar-refractivity contribution in [2.24, 2.45) is 0 Å². The smallest absolute Gasteiger partial charge is 0.125 e. The fraction of sp³-hybridized carbons (Fsp3) is 1.00. The van der Waals surface area contributed by atoms with Crippen molar-refractivity contribution in [1.29, 1.82) is 0 Å². The van der Waals surface area contributed by atoms with Crippen LogP contribution in [-0.4, -0.2) is 58.9 Å². The van der Waals surface area contributed by atoms with Gasteiger partial charge in [0.25, 0.3) is 0 Å². The monoisotopic (exact) mass is 189 g/mol. The predicted molar refractivity (Wildman–Crippen MR) is 44.2 cm³/mol. The first-order valence-electron chi connectivity index (χ1n) is 4.55. The number of β-amino-alcohol motifs (C(OH)–C–C–N with tert-alkyl or cyclic N) is 1. The van der Waals surface area contributed by atoms with Gasteiger partial charge in [-0.2, -0.15) is 0 Å². The zero-order valence-corrected chi connectivity index (χ0v) is 7.31. The molecule has 0 unspecified atom stereocenters. The highest BCUT2D eigenvalue weighted by Crippen LogP contribution is 2.35. The molecule has 2 rings (SSSR count). The van der Waals surface area contributed by atoms with Crippen molar-refractivity contribution >= 4 is 0 Å². The van der Waals surface area contributed by atoms with Gasteiger partial charge in [0, 0.05) is 19.6 Å². The summed E-state index contributed by atoms with van der Waals surface area (Å²) in [6.45, 7) is 0.737. The van der Waals surface area contributed by atoms with E-state index in [1.807, 2.05) is 0 Å². The van der Waals surface area contributed by atoms with Gasteiger partial charge in [-0.1, -0.05) is 0 Å². The van der Waals surface area contributed by atoms with Gasteiger partial charge in [0.05, 0.1) is 18.8 Å². The van der Waals surface area contributed by atoms with E-state index in [9.17, 15) is 10.2 Å². The molecule has 0 aromatic rings. The Hall–Kier alpha value is -0.200. The van der Waals surface area contributed by atoms with Gasteiger partial charge in [-0.25, -0.2) is 0 Å². The Balaban J connectivity index is 2.20. The Bertz CT molecular complexity index is 197. The number of rotatable bonds is 2. The van der Waals surface area contributed by atoms with Crippen LogP contribution in [0.5, 0.6) is 0 Å². The van der Waals surface area contributed by atoms with E-state index >= 15 is 0 Å². The number of hydrogen-bond donors (Lipinski definition) is 4. The Morgan fingerprint density at radius 1 is 1.46 bits per heavy atom. The Morgan fingerprint density at radius 2 is 2.23 bits per heavy atom. The molecule has 2 aliphatic heterocycles. The van der Waals surface area contributed by atoms with Crippen molar-refractivity contribution < 1.29 is 20.1 Å². The lowest BCUT2D eigenvalue weighted by Crippen LogP contribution is -2.63. The molecular formula is C8H15NO4. The van der Waals surface area contributed by atoms with Crippen LogP contribution in [0.25, 0.3) is 0 Å². The first-order chi connectivity index (χ1) is 6.20. The van der Waals surface area contributed by atoms with Crippen LogP contribution in [-0.2, 0) is 4.74 Å². The van der Waals surface area contributed by atoms with Gasteiger partial charge in [0.2, 0.25) is 0 Å². The molecule has 2 aliphatic rings. The van der Waals surface area contributed by atoms with E-state index in [1.54, 1.807) is 0 Å². The second-order valence-corrected chi connectivity index (χ2v) is 3.71. The summed E-state index contributed by atoms with van der Waals surface area (Å²) in [6.07, 6.45) is -1.18. The van der Waals surface area contributed by atoms with Crippen LogP contribution < -0.4 is 5.32 Å². The zero-order chi connectivity index (χ0) is 9.47. The summed E-state index contributed by atoms with van der Waals surface area (Å²) in [6, 6.07) is -0.102. The topological polar surface area (TPSA) is 82.0 Å². The van der Waals surface area contributed by atoms with E-state index in [4.69, 9.17) is 9.84 Å². The van der Waals surface area contributed by atoms with Gasteiger partial charge in [-0.05, 0) is 0 Å². The molecular weight excluding hydrogens is 174 g/mol. The maximum Gasteiger partial charge on any atom is 0.125 e. The lowest BCUT2D eigenvalue weighted by molar-refractivity contribution is -0.149. The average Bonchev–Trinajstić information content (AvgIpc) is 2.31. The van der Waals surface area contributed by atoms with Crippen molar-refractivity contribution in [2.45, 2.75) is 30.3 Å². The molecule has 5 heteroatoms. The SMILES string of the molecule is OCC[C@@]12OC[C@@H](NC[C@@H]1O)[C@H]2O. The second kappa shape index (κ2) is 3.18. The quantitative estimate of drug-likeness (QED) is 0.397. The molecule has 0 aromatic carbocycles. The molecule has 2 bridgehead atoms. The maximum atomic E-state index is 9.80. The van der Waals surface area contributed by atoms with Gasteiger partial charge >= 0.3 is 0 Å². The lowest BCUT2D eigenvalue weighted by atomic mass is 9.83. The number of aliphatic hydroxyl groups is 3. The Kier molecular flexibility index (Phi) is 2.29. The summed E-state index contributed by atoms with van der Waals surface area (Å²) >= 11 is 0.